The zero-order chi connectivity index (χ0) is 15.0. The van der Waals surface area contributed by atoms with Crippen LogP contribution in [0.4, 0.5) is 4.39 Å². The van der Waals surface area contributed by atoms with Crippen molar-refractivity contribution in [2.24, 2.45) is 0 Å². The molecule has 3 heteroatoms. The predicted octanol–water partition coefficient (Wildman–Crippen LogP) is 4.85. The van der Waals surface area contributed by atoms with Gasteiger partial charge in [0.15, 0.2) is 0 Å². The second kappa shape index (κ2) is 5.90. The topological polar surface area (TPSA) is 20.2 Å². The Balaban J connectivity index is 1.97. The normalized spacial score (nSPS) is 16.4. The third-order valence-electron chi connectivity index (χ3n) is 4.29. The van der Waals surface area contributed by atoms with E-state index in [1.165, 1.54) is 35.8 Å². The number of hydrogen-bond donors (Lipinski definition) is 1. The Morgan fingerprint density at radius 2 is 1.86 bits per heavy atom. The number of aryl methyl sites for hydroxylation is 4. The summed E-state index contributed by atoms with van der Waals surface area (Å²) in [5.74, 6) is -0.302. The Hall–Kier alpha value is -1.19. The molecule has 21 heavy (non-hydrogen) atoms. The van der Waals surface area contributed by atoms with Gasteiger partial charge in [-0.1, -0.05) is 12.5 Å². The van der Waals surface area contributed by atoms with Crippen LogP contribution in [0.25, 0.3) is 0 Å². The highest BCUT2D eigenvalue weighted by Crippen LogP contribution is 2.36. The van der Waals surface area contributed by atoms with Crippen molar-refractivity contribution in [2.45, 2.75) is 52.1 Å². The van der Waals surface area contributed by atoms with E-state index in [2.05, 4.69) is 6.07 Å². The Morgan fingerprint density at radius 3 is 2.62 bits per heavy atom. The van der Waals surface area contributed by atoms with Crippen molar-refractivity contribution < 1.29 is 9.50 Å². The number of thiophene rings is 1. The lowest BCUT2D eigenvalue weighted by Crippen LogP contribution is -2.04. The molecular weight excluding hydrogens is 283 g/mol. The van der Waals surface area contributed by atoms with Gasteiger partial charge in [-0.05, 0) is 68.4 Å². The number of aliphatic hydroxyl groups is 1. The first kappa shape index (κ1) is 14.7. The van der Waals surface area contributed by atoms with Crippen molar-refractivity contribution in [1.82, 2.24) is 0 Å². The van der Waals surface area contributed by atoms with Crippen LogP contribution in [0.1, 0.15) is 57.4 Å². The van der Waals surface area contributed by atoms with Gasteiger partial charge in [0, 0.05) is 15.3 Å². The summed E-state index contributed by atoms with van der Waals surface area (Å²) in [7, 11) is 0. The minimum absolute atomic E-state index is 0.302. The molecule has 0 saturated heterocycles. The predicted molar refractivity (Wildman–Crippen MR) is 85.5 cm³/mol. The van der Waals surface area contributed by atoms with Crippen LogP contribution in [0, 0.1) is 19.7 Å². The molecule has 0 bridgehead atoms. The maximum Gasteiger partial charge on any atom is 0.129 e. The maximum atomic E-state index is 14.2. The third-order valence-corrected chi connectivity index (χ3v) is 5.58. The molecule has 1 atom stereocenters. The molecule has 1 aliphatic rings. The number of hydrogen-bond acceptors (Lipinski definition) is 2. The van der Waals surface area contributed by atoms with E-state index in [0.29, 0.717) is 5.56 Å². The Bertz CT molecular complexity index is 613. The molecule has 2 aromatic rings. The van der Waals surface area contributed by atoms with Crippen LogP contribution >= 0.6 is 11.3 Å². The summed E-state index contributed by atoms with van der Waals surface area (Å²) in [4.78, 5) is 2.26. The summed E-state index contributed by atoms with van der Waals surface area (Å²) in [6, 6.07) is 5.53. The molecule has 0 radical (unpaired) electrons. The minimum Gasteiger partial charge on any atom is -0.383 e. The van der Waals surface area contributed by atoms with E-state index in [0.717, 1.165) is 28.8 Å². The molecule has 0 amide bonds. The van der Waals surface area contributed by atoms with Crippen LogP contribution in [0.5, 0.6) is 0 Å². The van der Waals surface area contributed by atoms with Crippen molar-refractivity contribution in [3.63, 3.8) is 0 Å². The SMILES string of the molecule is Cc1cc(C)c(C(O)c2cc3c(s2)CCCCC3)c(F)c1. The second-order valence-corrected chi connectivity index (χ2v) is 7.21. The highest BCUT2D eigenvalue weighted by atomic mass is 32.1. The van der Waals surface area contributed by atoms with Gasteiger partial charge < -0.3 is 5.11 Å². The molecule has 1 aromatic carbocycles. The summed E-state index contributed by atoms with van der Waals surface area (Å²) in [5.41, 5.74) is 3.50. The van der Waals surface area contributed by atoms with Crippen LogP contribution in [-0.2, 0) is 12.8 Å². The van der Waals surface area contributed by atoms with Gasteiger partial charge in [-0.25, -0.2) is 4.39 Å². The molecule has 112 valence electrons. The molecule has 3 rings (SSSR count). The van der Waals surface area contributed by atoms with E-state index < -0.39 is 6.10 Å². The van der Waals surface area contributed by atoms with Crippen molar-refractivity contribution >= 4 is 11.3 Å². The minimum atomic E-state index is -0.845. The van der Waals surface area contributed by atoms with Gasteiger partial charge in [0.25, 0.3) is 0 Å². The van der Waals surface area contributed by atoms with E-state index in [1.54, 1.807) is 11.3 Å². The zero-order valence-electron chi connectivity index (χ0n) is 12.6. The monoisotopic (exact) mass is 304 g/mol. The molecule has 1 aromatic heterocycles. The first-order valence-electron chi connectivity index (χ1n) is 7.62. The van der Waals surface area contributed by atoms with Gasteiger partial charge in [-0.2, -0.15) is 0 Å². The first-order chi connectivity index (χ1) is 10.1. The standard InChI is InChI=1S/C18H21FOS/c1-11-8-12(2)17(14(19)9-11)18(20)16-10-13-6-4-3-5-7-15(13)21-16/h8-10,18,20H,3-7H2,1-2H3. The van der Waals surface area contributed by atoms with E-state index in [-0.39, 0.29) is 5.82 Å². The van der Waals surface area contributed by atoms with Crippen LogP contribution in [0.15, 0.2) is 18.2 Å². The van der Waals surface area contributed by atoms with Crippen molar-refractivity contribution in [2.75, 3.05) is 0 Å². The smallest absolute Gasteiger partial charge is 0.129 e. The number of benzene rings is 1. The van der Waals surface area contributed by atoms with E-state index in [4.69, 9.17) is 0 Å². The van der Waals surface area contributed by atoms with Crippen molar-refractivity contribution in [3.05, 3.63) is 56.0 Å². The first-order valence-corrected chi connectivity index (χ1v) is 8.44. The Morgan fingerprint density at radius 1 is 1.10 bits per heavy atom. The van der Waals surface area contributed by atoms with Crippen LogP contribution in [0.2, 0.25) is 0 Å². The number of fused-ring (bicyclic) bond motifs is 1. The maximum absolute atomic E-state index is 14.2. The lowest BCUT2D eigenvalue weighted by Gasteiger charge is -2.14. The van der Waals surface area contributed by atoms with Crippen molar-refractivity contribution in [1.29, 1.82) is 0 Å². The van der Waals surface area contributed by atoms with Gasteiger partial charge in [0.1, 0.15) is 11.9 Å². The summed E-state index contributed by atoms with van der Waals surface area (Å²) in [6.07, 6.45) is 5.07. The summed E-state index contributed by atoms with van der Waals surface area (Å²) in [5, 5.41) is 10.6. The third kappa shape index (κ3) is 2.90. The number of halogens is 1. The summed E-state index contributed by atoms with van der Waals surface area (Å²) >= 11 is 1.66. The highest BCUT2D eigenvalue weighted by Gasteiger charge is 2.22. The zero-order valence-corrected chi connectivity index (χ0v) is 13.4. The molecule has 0 saturated carbocycles. The van der Waals surface area contributed by atoms with Gasteiger partial charge in [0.05, 0.1) is 0 Å². The van der Waals surface area contributed by atoms with E-state index in [9.17, 15) is 9.50 Å². The average Bonchev–Trinajstić information content (AvgIpc) is 2.69. The van der Waals surface area contributed by atoms with Gasteiger partial charge in [-0.3, -0.25) is 0 Å². The molecule has 0 fully saturated rings. The van der Waals surface area contributed by atoms with Crippen molar-refractivity contribution in [3.8, 4) is 0 Å². The average molecular weight is 304 g/mol. The molecule has 0 spiro atoms. The fraction of sp³-hybridized carbons (Fsp3) is 0.444. The fourth-order valence-corrected chi connectivity index (χ4v) is 4.49. The van der Waals surface area contributed by atoms with E-state index >= 15 is 0 Å². The second-order valence-electron chi connectivity index (χ2n) is 6.04. The fourth-order valence-electron chi connectivity index (χ4n) is 3.24. The largest absolute Gasteiger partial charge is 0.383 e. The lowest BCUT2D eigenvalue weighted by molar-refractivity contribution is 0.218. The molecule has 0 aliphatic heterocycles. The molecule has 1 unspecified atom stereocenters. The molecule has 1 nitrogen and oxygen atoms in total. The quantitative estimate of drug-likeness (QED) is 0.786. The Labute approximate surface area is 129 Å². The van der Waals surface area contributed by atoms with Gasteiger partial charge in [0.2, 0.25) is 0 Å². The molecule has 1 aliphatic carbocycles. The van der Waals surface area contributed by atoms with Gasteiger partial charge >= 0.3 is 0 Å². The Kier molecular flexibility index (Phi) is 4.14. The lowest BCUT2D eigenvalue weighted by atomic mass is 9.98. The van der Waals surface area contributed by atoms with Gasteiger partial charge in [-0.15, -0.1) is 11.3 Å². The highest BCUT2D eigenvalue weighted by molar-refractivity contribution is 7.12. The van der Waals surface area contributed by atoms with Crippen LogP contribution in [0.3, 0.4) is 0 Å². The number of rotatable bonds is 2. The van der Waals surface area contributed by atoms with Crippen LogP contribution < -0.4 is 0 Å². The number of aliphatic hydroxyl groups excluding tert-OH is 1. The molecule has 1 N–H and O–H groups in total. The molecule has 1 heterocycles. The van der Waals surface area contributed by atoms with Crippen LogP contribution in [-0.4, -0.2) is 5.11 Å². The summed E-state index contributed by atoms with van der Waals surface area (Å²) in [6.45, 7) is 3.74. The summed E-state index contributed by atoms with van der Waals surface area (Å²) < 4.78 is 14.2. The molecular formula is C18H21FOS. The van der Waals surface area contributed by atoms with E-state index in [1.807, 2.05) is 19.9 Å².